The molecule has 0 bridgehead atoms. The third-order valence-corrected chi connectivity index (χ3v) is 4.48. The van der Waals surface area contributed by atoms with Crippen LogP contribution in [0.2, 0.25) is 0 Å². The molecule has 1 saturated carbocycles. The molecule has 0 aromatic heterocycles. The van der Waals surface area contributed by atoms with Crippen molar-refractivity contribution in [1.82, 2.24) is 4.90 Å². The molecular weight excluding hydrogens is 373 g/mol. The molecule has 0 radical (unpaired) electrons. The normalized spacial score (nSPS) is 13.6. The minimum absolute atomic E-state index is 0.00995. The van der Waals surface area contributed by atoms with Gasteiger partial charge in [0, 0.05) is 22.6 Å². The van der Waals surface area contributed by atoms with Crippen molar-refractivity contribution >= 4 is 21.8 Å². The summed E-state index contributed by atoms with van der Waals surface area (Å²) in [4.78, 5) is 14.3. The van der Waals surface area contributed by atoms with Crippen molar-refractivity contribution in [1.29, 1.82) is 0 Å². The molecule has 1 amide bonds. The van der Waals surface area contributed by atoms with Crippen LogP contribution in [0.5, 0.6) is 5.75 Å². The van der Waals surface area contributed by atoms with E-state index in [4.69, 9.17) is 4.74 Å². The SMILES string of the molecule is O=C(CCOc1cccc(Br)c1)N(Cc1ccccc1F)C1CC1. The van der Waals surface area contributed by atoms with E-state index in [1.165, 1.54) is 6.07 Å². The predicted octanol–water partition coefficient (Wildman–Crippen LogP) is 4.55. The van der Waals surface area contributed by atoms with Gasteiger partial charge in [-0.2, -0.15) is 0 Å². The summed E-state index contributed by atoms with van der Waals surface area (Å²) in [5.74, 6) is 0.473. The first-order valence-electron chi connectivity index (χ1n) is 8.05. The van der Waals surface area contributed by atoms with Crippen LogP contribution in [0.3, 0.4) is 0 Å². The average molecular weight is 392 g/mol. The maximum Gasteiger partial charge on any atom is 0.226 e. The van der Waals surface area contributed by atoms with Crippen LogP contribution in [0.1, 0.15) is 24.8 Å². The van der Waals surface area contributed by atoms with Gasteiger partial charge in [-0.15, -0.1) is 0 Å². The number of ether oxygens (including phenoxy) is 1. The minimum Gasteiger partial charge on any atom is -0.493 e. The average Bonchev–Trinajstić information content (AvgIpc) is 3.39. The molecule has 0 N–H and O–H groups in total. The molecule has 0 aliphatic heterocycles. The molecule has 2 aromatic carbocycles. The van der Waals surface area contributed by atoms with Gasteiger partial charge in [0.2, 0.25) is 5.91 Å². The molecule has 0 heterocycles. The summed E-state index contributed by atoms with van der Waals surface area (Å²) < 4.78 is 20.4. The highest BCUT2D eigenvalue weighted by molar-refractivity contribution is 9.10. The molecule has 126 valence electrons. The first-order chi connectivity index (χ1) is 11.6. The zero-order valence-electron chi connectivity index (χ0n) is 13.3. The summed E-state index contributed by atoms with van der Waals surface area (Å²) in [5.41, 5.74) is 0.561. The summed E-state index contributed by atoms with van der Waals surface area (Å²) in [6, 6.07) is 14.4. The monoisotopic (exact) mass is 391 g/mol. The largest absolute Gasteiger partial charge is 0.493 e. The molecule has 1 aliphatic carbocycles. The molecule has 0 saturated heterocycles. The quantitative estimate of drug-likeness (QED) is 0.692. The fraction of sp³-hybridized carbons (Fsp3) is 0.316. The van der Waals surface area contributed by atoms with Crippen LogP contribution in [-0.4, -0.2) is 23.5 Å². The number of hydrogen-bond donors (Lipinski definition) is 0. The van der Waals surface area contributed by atoms with Gasteiger partial charge in [0.25, 0.3) is 0 Å². The Morgan fingerprint density at radius 3 is 2.71 bits per heavy atom. The van der Waals surface area contributed by atoms with Gasteiger partial charge in [-0.3, -0.25) is 4.79 Å². The maximum atomic E-state index is 13.8. The number of amides is 1. The van der Waals surface area contributed by atoms with E-state index >= 15 is 0 Å². The van der Waals surface area contributed by atoms with Crippen molar-refractivity contribution in [3.63, 3.8) is 0 Å². The minimum atomic E-state index is -0.263. The number of rotatable bonds is 7. The van der Waals surface area contributed by atoms with Gasteiger partial charge in [0.15, 0.2) is 0 Å². The highest BCUT2D eigenvalue weighted by Gasteiger charge is 2.32. The standard InChI is InChI=1S/C19H19BrFNO2/c20-15-5-3-6-17(12-15)24-11-10-19(23)22(16-8-9-16)13-14-4-1-2-7-18(14)21/h1-7,12,16H,8-11,13H2. The summed E-state index contributed by atoms with van der Waals surface area (Å²) >= 11 is 3.39. The van der Waals surface area contributed by atoms with Crippen LogP contribution >= 0.6 is 15.9 Å². The molecule has 5 heteroatoms. The van der Waals surface area contributed by atoms with Gasteiger partial charge >= 0.3 is 0 Å². The second-order valence-electron chi connectivity index (χ2n) is 5.90. The Bertz CT molecular complexity index is 718. The van der Waals surface area contributed by atoms with Gasteiger partial charge in [-0.05, 0) is 37.1 Å². The lowest BCUT2D eigenvalue weighted by atomic mass is 10.2. The van der Waals surface area contributed by atoms with Crippen molar-refractivity contribution in [2.24, 2.45) is 0 Å². The molecule has 1 fully saturated rings. The van der Waals surface area contributed by atoms with E-state index in [0.717, 1.165) is 23.1 Å². The van der Waals surface area contributed by atoms with Gasteiger partial charge in [-0.1, -0.05) is 40.2 Å². The lowest BCUT2D eigenvalue weighted by molar-refractivity contribution is -0.133. The second-order valence-corrected chi connectivity index (χ2v) is 6.82. The van der Waals surface area contributed by atoms with Gasteiger partial charge in [0.1, 0.15) is 11.6 Å². The van der Waals surface area contributed by atoms with Crippen molar-refractivity contribution in [3.05, 3.63) is 64.4 Å². The van der Waals surface area contributed by atoms with Crippen molar-refractivity contribution in [2.45, 2.75) is 31.8 Å². The molecular formula is C19H19BrFNO2. The first kappa shape index (κ1) is 17.0. The molecule has 3 nitrogen and oxygen atoms in total. The molecule has 2 aromatic rings. The van der Waals surface area contributed by atoms with Gasteiger partial charge in [0.05, 0.1) is 13.0 Å². The first-order valence-corrected chi connectivity index (χ1v) is 8.84. The maximum absolute atomic E-state index is 13.8. The lowest BCUT2D eigenvalue weighted by Crippen LogP contribution is -2.33. The Balaban J connectivity index is 1.56. The van der Waals surface area contributed by atoms with Crippen LogP contribution in [0.25, 0.3) is 0 Å². The van der Waals surface area contributed by atoms with Gasteiger partial charge < -0.3 is 9.64 Å². The van der Waals surface area contributed by atoms with Crippen molar-refractivity contribution in [2.75, 3.05) is 6.61 Å². The number of hydrogen-bond acceptors (Lipinski definition) is 2. The number of carbonyl (C=O) groups is 1. The third-order valence-electron chi connectivity index (χ3n) is 3.99. The van der Waals surface area contributed by atoms with Crippen LogP contribution in [0.15, 0.2) is 53.0 Å². The van der Waals surface area contributed by atoms with Gasteiger partial charge in [-0.25, -0.2) is 4.39 Å². The molecule has 3 rings (SSSR count). The second kappa shape index (κ2) is 7.79. The van der Waals surface area contributed by atoms with E-state index in [9.17, 15) is 9.18 Å². The van der Waals surface area contributed by atoms with E-state index in [0.29, 0.717) is 18.7 Å². The van der Waals surface area contributed by atoms with E-state index in [-0.39, 0.29) is 24.2 Å². The van der Waals surface area contributed by atoms with Crippen LogP contribution in [0.4, 0.5) is 4.39 Å². The fourth-order valence-electron chi connectivity index (χ4n) is 2.57. The van der Waals surface area contributed by atoms with E-state index in [2.05, 4.69) is 15.9 Å². The molecule has 1 aliphatic rings. The number of carbonyl (C=O) groups excluding carboxylic acids is 1. The van der Waals surface area contributed by atoms with Crippen LogP contribution < -0.4 is 4.74 Å². The fourth-order valence-corrected chi connectivity index (χ4v) is 2.95. The zero-order chi connectivity index (χ0) is 16.9. The van der Waals surface area contributed by atoms with E-state index < -0.39 is 0 Å². The molecule has 0 atom stereocenters. The number of benzene rings is 2. The Morgan fingerprint density at radius 2 is 2.00 bits per heavy atom. The lowest BCUT2D eigenvalue weighted by Gasteiger charge is -2.23. The summed E-state index contributed by atoms with van der Waals surface area (Å²) in [6.45, 7) is 0.642. The highest BCUT2D eigenvalue weighted by Crippen LogP contribution is 2.29. The Kier molecular flexibility index (Phi) is 5.51. The topological polar surface area (TPSA) is 29.5 Å². The van der Waals surface area contributed by atoms with E-state index in [1.807, 2.05) is 24.3 Å². The Morgan fingerprint density at radius 1 is 1.21 bits per heavy atom. The predicted molar refractivity (Wildman–Crippen MR) is 94.2 cm³/mol. The smallest absolute Gasteiger partial charge is 0.226 e. The van der Waals surface area contributed by atoms with E-state index in [1.54, 1.807) is 23.1 Å². The van der Waals surface area contributed by atoms with Crippen molar-refractivity contribution < 1.29 is 13.9 Å². The summed E-state index contributed by atoms with van der Waals surface area (Å²) in [6.07, 6.45) is 2.27. The number of halogens is 2. The van der Waals surface area contributed by atoms with Crippen LogP contribution in [-0.2, 0) is 11.3 Å². The van der Waals surface area contributed by atoms with Crippen LogP contribution in [0, 0.1) is 5.82 Å². The molecule has 24 heavy (non-hydrogen) atoms. The molecule has 0 spiro atoms. The van der Waals surface area contributed by atoms with Crippen molar-refractivity contribution in [3.8, 4) is 5.75 Å². The molecule has 0 unspecified atom stereocenters. The zero-order valence-corrected chi connectivity index (χ0v) is 14.8. The highest BCUT2D eigenvalue weighted by atomic mass is 79.9. The Hall–Kier alpha value is -1.88. The number of nitrogens with zero attached hydrogens (tertiary/aromatic N) is 1. The summed E-state index contributed by atoms with van der Waals surface area (Å²) in [5, 5.41) is 0. The summed E-state index contributed by atoms with van der Waals surface area (Å²) in [7, 11) is 0. The third kappa shape index (κ3) is 4.57. The Labute approximate surface area is 149 Å².